The summed E-state index contributed by atoms with van der Waals surface area (Å²) in [5, 5.41) is 8.75. The molecule has 1 atom stereocenters. The summed E-state index contributed by atoms with van der Waals surface area (Å²) in [6.07, 6.45) is 0.733. The molecule has 5 heteroatoms. The molecule has 0 aliphatic heterocycles. The molecule has 0 aromatic heterocycles. The average Bonchev–Trinajstić information content (AvgIpc) is 2.21. The number of aliphatic carboxylic acids is 1. The van der Waals surface area contributed by atoms with Gasteiger partial charge >= 0.3 is 5.97 Å². The molecule has 0 aliphatic rings. The van der Waals surface area contributed by atoms with Gasteiger partial charge in [-0.05, 0) is 20.5 Å². The first-order valence-electron chi connectivity index (χ1n) is 5.53. The number of carboxylic acid groups (broad SMARTS) is 1. The Morgan fingerprint density at radius 3 is 2.19 bits per heavy atom. The fourth-order valence-corrected chi connectivity index (χ4v) is 1.24. The first-order valence-corrected chi connectivity index (χ1v) is 5.53. The fourth-order valence-electron chi connectivity index (χ4n) is 1.24. The van der Waals surface area contributed by atoms with Crippen LogP contribution in [-0.4, -0.2) is 60.5 Å². The molecule has 0 rings (SSSR count). The predicted octanol–water partition coefficient (Wildman–Crippen LogP) is 0.507. The minimum absolute atomic E-state index is 0.0771. The third kappa shape index (κ3) is 5.70. The summed E-state index contributed by atoms with van der Waals surface area (Å²) in [5.74, 6) is -1.15. The number of carbonyl (C=O) groups is 2. The molecule has 5 nitrogen and oxygen atoms in total. The van der Waals surface area contributed by atoms with E-state index in [1.54, 1.807) is 0 Å². The van der Waals surface area contributed by atoms with E-state index >= 15 is 0 Å². The van der Waals surface area contributed by atoms with Crippen LogP contribution in [0.3, 0.4) is 0 Å². The number of carbonyl (C=O) groups excluding carboxylic acids is 1. The van der Waals surface area contributed by atoms with Crippen LogP contribution in [0.5, 0.6) is 0 Å². The number of hydrogen-bond acceptors (Lipinski definition) is 3. The minimum atomic E-state index is -0.963. The van der Waals surface area contributed by atoms with Crippen LogP contribution in [0.2, 0.25) is 0 Å². The van der Waals surface area contributed by atoms with Crippen molar-refractivity contribution in [2.45, 2.75) is 20.3 Å². The van der Waals surface area contributed by atoms with Crippen LogP contribution in [0.15, 0.2) is 0 Å². The van der Waals surface area contributed by atoms with Gasteiger partial charge in [-0.25, -0.2) is 0 Å². The number of rotatable bonds is 7. The summed E-state index contributed by atoms with van der Waals surface area (Å²) in [5.41, 5.74) is 0. The summed E-state index contributed by atoms with van der Waals surface area (Å²) in [7, 11) is 3.79. The summed E-state index contributed by atoms with van der Waals surface area (Å²) >= 11 is 0. The molecule has 0 radical (unpaired) electrons. The molecule has 0 fully saturated rings. The molecule has 0 aromatic rings. The second-order valence-corrected chi connectivity index (χ2v) is 4.27. The molecule has 0 aromatic carbocycles. The second kappa shape index (κ2) is 7.22. The van der Waals surface area contributed by atoms with Crippen LogP contribution in [0.1, 0.15) is 20.3 Å². The van der Waals surface area contributed by atoms with E-state index in [-0.39, 0.29) is 18.4 Å². The van der Waals surface area contributed by atoms with Crippen molar-refractivity contribution in [3.8, 4) is 0 Å². The third-order valence-electron chi connectivity index (χ3n) is 2.49. The Hall–Kier alpha value is -1.10. The Morgan fingerprint density at radius 2 is 1.81 bits per heavy atom. The highest BCUT2D eigenvalue weighted by Crippen LogP contribution is 2.06. The lowest BCUT2D eigenvalue weighted by Crippen LogP contribution is -2.42. The molecule has 0 aliphatic carbocycles. The Morgan fingerprint density at radius 1 is 1.25 bits per heavy atom. The Kier molecular flexibility index (Phi) is 6.72. The number of nitrogens with zero attached hydrogens (tertiary/aromatic N) is 2. The van der Waals surface area contributed by atoms with E-state index in [9.17, 15) is 9.59 Å². The van der Waals surface area contributed by atoms with Gasteiger partial charge < -0.3 is 14.9 Å². The van der Waals surface area contributed by atoms with Gasteiger partial charge in [0.15, 0.2) is 0 Å². The maximum absolute atomic E-state index is 11.9. The SMILES string of the molecule is CCC(C)C(=O)N(CCN(C)C)CC(=O)O. The third-order valence-corrected chi connectivity index (χ3v) is 2.49. The Balaban J connectivity index is 4.40. The average molecular weight is 230 g/mol. The van der Waals surface area contributed by atoms with Crippen molar-refractivity contribution < 1.29 is 14.7 Å². The highest BCUT2D eigenvalue weighted by molar-refractivity contribution is 5.82. The van der Waals surface area contributed by atoms with Crippen molar-refractivity contribution in [3.63, 3.8) is 0 Å². The quantitative estimate of drug-likeness (QED) is 0.692. The maximum atomic E-state index is 11.9. The van der Waals surface area contributed by atoms with Crippen molar-refractivity contribution in [2.24, 2.45) is 5.92 Å². The standard InChI is InChI=1S/C11H22N2O3/c1-5-9(2)11(16)13(8-10(14)15)7-6-12(3)4/h9H,5-8H2,1-4H3,(H,14,15). The highest BCUT2D eigenvalue weighted by atomic mass is 16.4. The van der Waals surface area contributed by atoms with E-state index < -0.39 is 5.97 Å². The molecular weight excluding hydrogens is 208 g/mol. The van der Waals surface area contributed by atoms with E-state index in [1.807, 2.05) is 32.8 Å². The van der Waals surface area contributed by atoms with E-state index in [2.05, 4.69) is 0 Å². The highest BCUT2D eigenvalue weighted by Gasteiger charge is 2.20. The molecule has 0 bridgehead atoms. The topological polar surface area (TPSA) is 60.9 Å². The molecule has 1 unspecified atom stereocenters. The van der Waals surface area contributed by atoms with Gasteiger partial charge in [-0.3, -0.25) is 9.59 Å². The molecular formula is C11H22N2O3. The van der Waals surface area contributed by atoms with Crippen molar-refractivity contribution in [2.75, 3.05) is 33.7 Å². The van der Waals surface area contributed by atoms with Crippen LogP contribution in [0.25, 0.3) is 0 Å². The van der Waals surface area contributed by atoms with E-state index in [0.717, 1.165) is 6.42 Å². The van der Waals surface area contributed by atoms with Crippen LogP contribution in [0.4, 0.5) is 0 Å². The zero-order valence-corrected chi connectivity index (χ0v) is 10.6. The molecule has 0 saturated heterocycles. The van der Waals surface area contributed by atoms with Gasteiger partial charge in [-0.15, -0.1) is 0 Å². The lowest BCUT2D eigenvalue weighted by molar-refractivity contribution is -0.146. The molecule has 1 amide bonds. The number of amides is 1. The van der Waals surface area contributed by atoms with Gasteiger partial charge in [-0.2, -0.15) is 0 Å². The second-order valence-electron chi connectivity index (χ2n) is 4.27. The van der Waals surface area contributed by atoms with E-state index in [1.165, 1.54) is 4.90 Å². The first kappa shape index (κ1) is 14.9. The fraction of sp³-hybridized carbons (Fsp3) is 0.818. The number of carboxylic acids is 1. The monoisotopic (exact) mass is 230 g/mol. The van der Waals surface area contributed by atoms with Gasteiger partial charge in [0.05, 0.1) is 0 Å². The smallest absolute Gasteiger partial charge is 0.323 e. The first-order chi connectivity index (χ1) is 7.38. The van der Waals surface area contributed by atoms with Gasteiger partial charge in [0.1, 0.15) is 6.54 Å². The molecule has 0 spiro atoms. The zero-order chi connectivity index (χ0) is 12.7. The van der Waals surface area contributed by atoms with E-state index in [4.69, 9.17) is 5.11 Å². The van der Waals surface area contributed by atoms with Gasteiger partial charge in [0.25, 0.3) is 0 Å². The van der Waals surface area contributed by atoms with Crippen LogP contribution in [0, 0.1) is 5.92 Å². The van der Waals surface area contributed by atoms with Crippen LogP contribution >= 0.6 is 0 Å². The summed E-state index contributed by atoms with van der Waals surface area (Å²) < 4.78 is 0. The zero-order valence-electron chi connectivity index (χ0n) is 10.6. The molecule has 0 heterocycles. The number of hydrogen-bond donors (Lipinski definition) is 1. The van der Waals surface area contributed by atoms with Crippen molar-refractivity contribution in [1.82, 2.24) is 9.80 Å². The summed E-state index contributed by atoms with van der Waals surface area (Å²) in [4.78, 5) is 25.9. The molecule has 1 N–H and O–H groups in total. The van der Waals surface area contributed by atoms with Crippen molar-refractivity contribution in [1.29, 1.82) is 0 Å². The van der Waals surface area contributed by atoms with Gasteiger partial charge in [0.2, 0.25) is 5.91 Å². The molecule has 0 saturated carbocycles. The van der Waals surface area contributed by atoms with Crippen molar-refractivity contribution in [3.05, 3.63) is 0 Å². The normalized spacial score (nSPS) is 12.6. The Bertz CT molecular complexity index is 241. The lowest BCUT2D eigenvalue weighted by atomic mass is 10.1. The number of likely N-dealkylation sites (N-methyl/N-ethyl adjacent to an activating group) is 1. The van der Waals surface area contributed by atoms with Gasteiger partial charge in [-0.1, -0.05) is 13.8 Å². The van der Waals surface area contributed by atoms with E-state index in [0.29, 0.717) is 13.1 Å². The maximum Gasteiger partial charge on any atom is 0.323 e. The lowest BCUT2D eigenvalue weighted by Gasteiger charge is -2.25. The Labute approximate surface area is 97.0 Å². The molecule has 94 valence electrons. The predicted molar refractivity (Wildman–Crippen MR) is 62.2 cm³/mol. The molecule has 16 heavy (non-hydrogen) atoms. The summed E-state index contributed by atoms with van der Waals surface area (Å²) in [6, 6.07) is 0. The van der Waals surface area contributed by atoms with Crippen molar-refractivity contribution >= 4 is 11.9 Å². The minimum Gasteiger partial charge on any atom is -0.480 e. The van der Waals surface area contributed by atoms with Crippen LogP contribution in [-0.2, 0) is 9.59 Å². The largest absolute Gasteiger partial charge is 0.480 e. The summed E-state index contributed by atoms with van der Waals surface area (Å²) in [6.45, 7) is 4.68. The van der Waals surface area contributed by atoms with Gasteiger partial charge in [0, 0.05) is 19.0 Å². The van der Waals surface area contributed by atoms with Crippen LogP contribution < -0.4 is 0 Å².